The Kier molecular flexibility index (Phi) is 4.67. The predicted molar refractivity (Wildman–Crippen MR) is 73.4 cm³/mol. The lowest BCUT2D eigenvalue weighted by Gasteiger charge is -2.11. The van der Waals surface area contributed by atoms with Crippen LogP contribution >= 0.6 is 0 Å². The number of rotatable bonds is 5. The van der Waals surface area contributed by atoms with Crippen LogP contribution in [0.25, 0.3) is 0 Å². The number of nitrogens with one attached hydrogen (secondary N) is 1. The van der Waals surface area contributed by atoms with E-state index in [-0.39, 0.29) is 5.75 Å². The highest BCUT2D eigenvalue weighted by Crippen LogP contribution is 2.19. The summed E-state index contributed by atoms with van der Waals surface area (Å²) in [6, 6.07) is 5.61. The minimum Gasteiger partial charge on any atom is -0.325 e. The number of carbonyl (C=O) groups excluding carboxylic acids is 1. The molecule has 0 spiro atoms. The van der Waals surface area contributed by atoms with Crippen LogP contribution in [0.3, 0.4) is 0 Å². The van der Waals surface area contributed by atoms with Crippen molar-refractivity contribution in [2.45, 2.75) is 13.8 Å². The molecule has 0 aliphatic carbocycles. The molecule has 0 radical (unpaired) electrons. The van der Waals surface area contributed by atoms with Gasteiger partial charge in [0.05, 0.1) is 5.75 Å². The SMILES string of the molecule is C=CCS(=O)(=O)CC(=O)Nc1c(C)cccc1C. The van der Waals surface area contributed by atoms with Gasteiger partial charge >= 0.3 is 0 Å². The fourth-order valence-corrected chi connectivity index (χ4v) is 2.57. The summed E-state index contributed by atoms with van der Waals surface area (Å²) in [4.78, 5) is 11.7. The van der Waals surface area contributed by atoms with Gasteiger partial charge in [-0.3, -0.25) is 4.79 Å². The van der Waals surface area contributed by atoms with Crippen molar-refractivity contribution in [3.05, 3.63) is 42.0 Å². The number of carbonyl (C=O) groups is 1. The minimum atomic E-state index is -3.41. The lowest BCUT2D eigenvalue weighted by Crippen LogP contribution is -2.24. The monoisotopic (exact) mass is 267 g/mol. The third-order valence-electron chi connectivity index (χ3n) is 2.47. The van der Waals surface area contributed by atoms with Crippen molar-refractivity contribution < 1.29 is 13.2 Å². The average molecular weight is 267 g/mol. The van der Waals surface area contributed by atoms with Crippen LogP contribution in [-0.2, 0) is 14.6 Å². The van der Waals surface area contributed by atoms with E-state index >= 15 is 0 Å². The molecule has 1 aromatic rings. The van der Waals surface area contributed by atoms with Gasteiger partial charge in [-0.1, -0.05) is 24.3 Å². The van der Waals surface area contributed by atoms with Crippen molar-refractivity contribution in [2.24, 2.45) is 0 Å². The summed E-state index contributed by atoms with van der Waals surface area (Å²) in [6.07, 6.45) is 1.28. The summed E-state index contributed by atoms with van der Waals surface area (Å²) >= 11 is 0. The molecular formula is C13H17NO3S. The van der Waals surface area contributed by atoms with Gasteiger partial charge in [0.1, 0.15) is 5.75 Å². The zero-order chi connectivity index (χ0) is 13.8. The van der Waals surface area contributed by atoms with E-state index in [0.717, 1.165) is 11.1 Å². The van der Waals surface area contributed by atoms with Gasteiger partial charge in [-0.25, -0.2) is 8.42 Å². The van der Waals surface area contributed by atoms with Gasteiger partial charge in [-0.2, -0.15) is 0 Å². The molecule has 18 heavy (non-hydrogen) atoms. The zero-order valence-electron chi connectivity index (χ0n) is 10.6. The van der Waals surface area contributed by atoms with E-state index in [1.165, 1.54) is 6.08 Å². The van der Waals surface area contributed by atoms with E-state index in [1.54, 1.807) is 0 Å². The molecule has 0 saturated carbocycles. The number of amides is 1. The quantitative estimate of drug-likeness (QED) is 0.828. The van der Waals surface area contributed by atoms with Crippen LogP contribution in [0.4, 0.5) is 5.69 Å². The maximum Gasteiger partial charge on any atom is 0.239 e. The fourth-order valence-electron chi connectivity index (χ4n) is 1.63. The third-order valence-corrected chi connectivity index (χ3v) is 3.91. The summed E-state index contributed by atoms with van der Waals surface area (Å²) in [5, 5.41) is 2.64. The van der Waals surface area contributed by atoms with E-state index in [2.05, 4.69) is 11.9 Å². The van der Waals surface area contributed by atoms with Gasteiger partial charge in [-0.05, 0) is 25.0 Å². The van der Waals surface area contributed by atoms with E-state index in [1.807, 2.05) is 32.0 Å². The first-order valence-electron chi connectivity index (χ1n) is 5.53. The smallest absolute Gasteiger partial charge is 0.239 e. The molecule has 5 heteroatoms. The molecule has 0 fully saturated rings. The van der Waals surface area contributed by atoms with Crippen LogP contribution in [0.2, 0.25) is 0 Å². The minimum absolute atomic E-state index is 0.187. The normalized spacial score (nSPS) is 11.0. The second kappa shape index (κ2) is 5.82. The first-order chi connectivity index (χ1) is 8.35. The van der Waals surface area contributed by atoms with Crippen molar-refractivity contribution in [1.82, 2.24) is 0 Å². The van der Waals surface area contributed by atoms with Gasteiger partial charge < -0.3 is 5.32 Å². The molecule has 0 unspecified atom stereocenters. The van der Waals surface area contributed by atoms with Crippen molar-refractivity contribution in [3.63, 3.8) is 0 Å². The van der Waals surface area contributed by atoms with E-state index in [4.69, 9.17) is 0 Å². The van der Waals surface area contributed by atoms with Crippen LogP contribution in [0.5, 0.6) is 0 Å². The molecule has 4 nitrogen and oxygen atoms in total. The molecule has 0 aliphatic rings. The van der Waals surface area contributed by atoms with E-state index in [0.29, 0.717) is 5.69 Å². The van der Waals surface area contributed by atoms with Gasteiger partial charge in [0.2, 0.25) is 5.91 Å². The molecule has 1 rings (SSSR count). The molecule has 1 aromatic carbocycles. The molecule has 0 bridgehead atoms. The molecule has 98 valence electrons. The van der Waals surface area contributed by atoms with Gasteiger partial charge in [0, 0.05) is 5.69 Å². The zero-order valence-corrected chi connectivity index (χ0v) is 11.4. The molecule has 0 heterocycles. The molecular weight excluding hydrogens is 250 g/mol. The number of anilines is 1. The Bertz CT molecular complexity index is 541. The first-order valence-corrected chi connectivity index (χ1v) is 7.35. The summed E-state index contributed by atoms with van der Waals surface area (Å²) in [5.74, 6) is -1.23. The predicted octanol–water partition coefficient (Wildman–Crippen LogP) is 1.84. The Morgan fingerprint density at radius 2 is 1.89 bits per heavy atom. The average Bonchev–Trinajstić information content (AvgIpc) is 2.22. The Morgan fingerprint density at radius 1 is 1.33 bits per heavy atom. The number of benzene rings is 1. The van der Waals surface area contributed by atoms with Crippen molar-refractivity contribution in [3.8, 4) is 0 Å². The molecule has 0 aliphatic heterocycles. The number of sulfone groups is 1. The number of hydrogen-bond acceptors (Lipinski definition) is 3. The lowest BCUT2D eigenvalue weighted by molar-refractivity contribution is -0.113. The highest BCUT2D eigenvalue weighted by molar-refractivity contribution is 7.92. The van der Waals surface area contributed by atoms with Gasteiger partial charge in [0.15, 0.2) is 9.84 Å². The molecule has 0 atom stereocenters. The molecule has 1 amide bonds. The maximum absolute atomic E-state index is 11.7. The van der Waals surface area contributed by atoms with Crippen LogP contribution in [-0.4, -0.2) is 25.8 Å². The Hall–Kier alpha value is -1.62. The Balaban J connectivity index is 2.80. The Labute approximate surface area is 108 Å². The topological polar surface area (TPSA) is 63.2 Å². The number of hydrogen-bond donors (Lipinski definition) is 1. The summed E-state index contributed by atoms with van der Waals surface area (Å²) in [7, 11) is -3.41. The van der Waals surface area contributed by atoms with Gasteiger partial charge in [-0.15, -0.1) is 6.58 Å². The summed E-state index contributed by atoms with van der Waals surface area (Å²) in [6.45, 7) is 7.08. The second-order valence-electron chi connectivity index (χ2n) is 4.16. The number of para-hydroxylation sites is 1. The summed E-state index contributed by atoms with van der Waals surface area (Å²) in [5.41, 5.74) is 2.49. The molecule has 0 aromatic heterocycles. The fraction of sp³-hybridized carbons (Fsp3) is 0.308. The van der Waals surface area contributed by atoms with Crippen LogP contribution < -0.4 is 5.32 Å². The van der Waals surface area contributed by atoms with Crippen LogP contribution in [0, 0.1) is 13.8 Å². The highest BCUT2D eigenvalue weighted by atomic mass is 32.2. The molecule has 1 N–H and O–H groups in total. The lowest BCUT2D eigenvalue weighted by atomic mass is 10.1. The third kappa shape index (κ3) is 4.00. The van der Waals surface area contributed by atoms with Crippen molar-refractivity contribution in [2.75, 3.05) is 16.8 Å². The highest BCUT2D eigenvalue weighted by Gasteiger charge is 2.16. The van der Waals surface area contributed by atoms with Gasteiger partial charge in [0.25, 0.3) is 0 Å². The van der Waals surface area contributed by atoms with Crippen molar-refractivity contribution in [1.29, 1.82) is 0 Å². The van der Waals surface area contributed by atoms with Crippen molar-refractivity contribution >= 4 is 21.4 Å². The molecule has 0 saturated heterocycles. The van der Waals surface area contributed by atoms with E-state index in [9.17, 15) is 13.2 Å². The maximum atomic E-state index is 11.7. The standard InChI is InChI=1S/C13H17NO3S/c1-4-8-18(16,17)9-12(15)14-13-10(2)6-5-7-11(13)3/h4-7H,1,8-9H2,2-3H3,(H,14,15). The van der Waals surface area contributed by atoms with Crippen LogP contribution in [0.1, 0.15) is 11.1 Å². The van der Waals surface area contributed by atoms with Crippen LogP contribution in [0.15, 0.2) is 30.9 Å². The largest absolute Gasteiger partial charge is 0.325 e. The van der Waals surface area contributed by atoms with E-state index < -0.39 is 21.5 Å². The Morgan fingerprint density at radius 3 is 2.39 bits per heavy atom. The first kappa shape index (κ1) is 14.4. The number of aryl methyl sites for hydroxylation is 2. The summed E-state index contributed by atoms with van der Waals surface area (Å²) < 4.78 is 22.9. The second-order valence-corrected chi connectivity index (χ2v) is 6.27.